The van der Waals surface area contributed by atoms with Crippen molar-refractivity contribution in [2.75, 3.05) is 13.1 Å². The van der Waals surface area contributed by atoms with Crippen LogP contribution in [0.4, 0.5) is 8.78 Å². The van der Waals surface area contributed by atoms with E-state index in [1.165, 1.54) is 9.25 Å². The van der Waals surface area contributed by atoms with Crippen LogP contribution in [0.25, 0.3) is 0 Å². The topological polar surface area (TPSA) is 73.0 Å². The standard InChI is InChI=1S/C17H18ClF2N5O2/c18-13-5-4-11(8-21-13)9-24-16(27)25-12(2-1-3-14(25)22-24)15(26)23-7-6-17(19,20)10-23/h4-5,8,12H,1-3,6-7,9-10H2/t12-/m0/s1. The van der Waals surface area contributed by atoms with Gasteiger partial charge in [-0.3, -0.25) is 9.36 Å². The first-order chi connectivity index (χ1) is 12.8. The van der Waals surface area contributed by atoms with Gasteiger partial charge in [-0.15, -0.1) is 0 Å². The number of fused-ring (bicyclic) bond motifs is 1. The van der Waals surface area contributed by atoms with Gasteiger partial charge < -0.3 is 4.90 Å². The molecule has 0 radical (unpaired) electrons. The van der Waals surface area contributed by atoms with Crippen molar-refractivity contribution in [1.29, 1.82) is 0 Å². The maximum atomic E-state index is 13.5. The van der Waals surface area contributed by atoms with Crippen molar-refractivity contribution in [3.8, 4) is 0 Å². The molecule has 0 aliphatic carbocycles. The number of nitrogens with zero attached hydrogens (tertiary/aromatic N) is 5. The normalized spacial score (nSPS) is 21.3. The fourth-order valence-electron chi connectivity index (χ4n) is 3.68. The number of hydrogen-bond donors (Lipinski definition) is 0. The lowest BCUT2D eigenvalue weighted by Crippen LogP contribution is -2.42. The van der Waals surface area contributed by atoms with Gasteiger partial charge >= 0.3 is 5.69 Å². The van der Waals surface area contributed by atoms with Crippen LogP contribution >= 0.6 is 11.6 Å². The number of amides is 1. The Bertz CT molecular complexity index is 924. The Labute approximate surface area is 158 Å². The summed E-state index contributed by atoms with van der Waals surface area (Å²) >= 11 is 5.77. The molecule has 1 amide bonds. The monoisotopic (exact) mass is 397 g/mol. The minimum atomic E-state index is -2.86. The number of halogens is 3. The minimum absolute atomic E-state index is 0.0109. The summed E-state index contributed by atoms with van der Waals surface area (Å²) in [6.07, 6.45) is 2.92. The Kier molecular flexibility index (Phi) is 4.49. The van der Waals surface area contributed by atoms with E-state index in [0.717, 1.165) is 10.5 Å². The van der Waals surface area contributed by atoms with Gasteiger partial charge in [-0.1, -0.05) is 17.7 Å². The van der Waals surface area contributed by atoms with Crippen LogP contribution < -0.4 is 5.69 Å². The minimum Gasteiger partial charge on any atom is -0.335 e. The molecule has 7 nitrogen and oxygen atoms in total. The molecule has 0 saturated carbocycles. The van der Waals surface area contributed by atoms with E-state index in [1.807, 2.05) is 0 Å². The van der Waals surface area contributed by atoms with Gasteiger partial charge in [0.15, 0.2) is 0 Å². The van der Waals surface area contributed by atoms with Gasteiger partial charge in [-0.05, 0) is 24.5 Å². The Morgan fingerprint density at radius 3 is 2.85 bits per heavy atom. The highest BCUT2D eigenvalue weighted by molar-refractivity contribution is 6.29. The Morgan fingerprint density at radius 1 is 1.37 bits per heavy atom. The summed E-state index contributed by atoms with van der Waals surface area (Å²) in [4.78, 5) is 30.8. The zero-order valence-corrected chi connectivity index (χ0v) is 15.2. The van der Waals surface area contributed by atoms with E-state index in [4.69, 9.17) is 11.6 Å². The summed E-state index contributed by atoms with van der Waals surface area (Å²) in [7, 11) is 0. The lowest BCUT2D eigenvalue weighted by molar-refractivity contribution is -0.135. The highest BCUT2D eigenvalue weighted by atomic mass is 35.5. The number of pyridine rings is 1. The van der Waals surface area contributed by atoms with Crippen LogP contribution in [-0.4, -0.2) is 49.2 Å². The second kappa shape index (κ2) is 6.70. The number of rotatable bonds is 3. The maximum Gasteiger partial charge on any atom is 0.346 e. The SMILES string of the molecule is O=C([C@@H]1CCCc2nn(Cc3ccc(Cl)nc3)c(=O)n21)N1CCC(F)(F)C1. The van der Waals surface area contributed by atoms with Gasteiger partial charge in [0.1, 0.15) is 17.0 Å². The lowest BCUT2D eigenvalue weighted by Gasteiger charge is -2.27. The third-order valence-electron chi connectivity index (χ3n) is 5.02. The average molecular weight is 398 g/mol. The van der Waals surface area contributed by atoms with Crippen molar-refractivity contribution in [1.82, 2.24) is 24.2 Å². The number of carbonyl (C=O) groups is 1. The molecule has 27 heavy (non-hydrogen) atoms. The predicted octanol–water partition coefficient (Wildman–Crippen LogP) is 1.89. The summed E-state index contributed by atoms with van der Waals surface area (Å²) in [6, 6.07) is 2.60. The lowest BCUT2D eigenvalue weighted by atomic mass is 10.0. The summed E-state index contributed by atoms with van der Waals surface area (Å²) in [6.45, 7) is -0.375. The summed E-state index contributed by atoms with van der Waals surface area (Å²) in [5.74, 6) is -2.77. The van der Waals surface area contributed by atoms with E-state index in [9.17, 15) is 18.4 Å². The molecule has 0 spiro atoms. The quantitative estimate of drug-likeness (QED) is 0.741. The fourth-order valence-corrected chi connectivity index (χ4v) is 3.79. The van der Waals surface area contributed by atoms with Gasteiger partial charge in [0.25, 0.3) is 5.92 Å². The van der Waals surface area contributed by atoms with Crippen molar-refractivity contribution in [3.05, 3.63) is 45.4 Å². The van der Waals surface area contributed by atoms with Gasteiger partial charge in [0.2, 0.25) is 5.91 Å². The van der Waals surface area contributed by atoms with E-state index in [2.05, 4.69) is 10.1 Å². The largest absolute Gasteiger partial charge is 0.346 e. The predicted molar refractivity (Wildman–Crippen MR) is 93.0 cm³/mol. The number of aromatic nitrogens is 4. The van der Waals surface area contributed by atoms with Crippen molar-refractivity contribution in [2.24, 2.45) is 0 Å². The van der Waals surface area contributed by atoms with Crippen LogP contribution in [0.5, 0.6) is 0 Å². The summed E-state index contributed by atoms with van der Waals surface area (Å²) < 4.78 is 29.6. The first kappa shape index (κ1) is 18.1. The van der Waals surface area contributed by atoms with E-state index in [-0.39, 0.29) is 19.5 Å². The van der Waals surface area contributed by atoms with Crippen molar-refractivity contribution in [2.45, 2.75) is 44.2 Å². The molecule has 4 heterocycles. The van der Waals surface area contributed by atoms with Crippen LogP contribution in [0, 0.1) is 0 Å². The first-order valence-electron chi connectivity index (χ1n) is 8.79. The molecule has 144 valence electrons. The third kappa shape index (κ3) is 3.47. The molecule has 2 aliphatic rings. The smallest absolute Gasteiger partial charge is 0.335 e. The van der Waals surface area contributed by atoms with E-state index < -0.39 is 30.1 Å². The molecule has 1 atom stereocenters. The van der Waals surface area contributed by atoms with E-state index >= 15 is 0 Å². The molecular weight excluding hydrogens is 380 g/mol. The molecule has 0 aromatic carbocycles. The van der Waals surface area contributed by atoms with E-state index in [1.54, 1.807) is 18.3 Å². The second-order valence-corrected chi connectivity index (χ2v) is 7.38. The van der Waals surface area contributed by atoms with Crippen LogP contribution in [-0.2, 0) is 17.8 Å². The van der Waals surface area contributed by atoms with Gasteiger partial charge in [-0.25, -0.2) is 23.2 Å². The number of carbonyl (C=O) groups excluding carboxylic acids is 1. The Balaban J connectivity index is 1.61. The van der Waals surface area contributed by atoms with Crippen molar-refractivity contribution in [3.63, 3.8) is 0 Å². The molecule has 1 saturated heterocycles. The molecule has 0 N–H and O–H groups in total. The Morgan fingerprint density at radius 2 is 2.19 bits per heavy atom. The number of alkyl halides is 2. The van der Waals surface area contributed by atoms with Crippen LogP contribution in [0.15, 0.2) is 23.1 Å². The highest BCUT2D eigenvalue weighted by Crippen LogP contribution is 2.31. The van der Waals surface area contributed by atoms with Crippen LogP contribution in [0.3, 0.4) is 0 Å². The zero-order chi connectivity index (χ0) is 19.2. The molecule has 0 unspecified atom stereocenters. The maximum absolute atomic E-state index is 13.5. The Hall–Kier alpha value is -2.29. The third-order valence-corrected chi connectivity index (χ3v) is 5.24. The molecule has 10 heteroatoms. The highest BCUT2D eigenvalue weighted by Gasteiger charge is 2.43. The molecule has 4 rings (SSSR count). The van der Waals surface area contributed by atoms with Crippen LogP contribution in [0.1, 0.15) is 36.7 Å². The average Bonchev–Trinajstić information content (AvgIpc) is 3.16. The fraction of sp³-hybridized carbons (Fsp3) is 0.529. The molecule has 2 aromatic rings. The number of likely N-dealkylation sites (tertiary alicyclic amines) is 1. The zero-order valence-electron chi connectivity index (χ0n) is 14.4. The summed E-state index contributed by atoms with van der Waals surface area (Å²) in [5.41, 5.74) is 0.336. The van der Waals surface area contributed by atoms with Crippen molar-refractivity contribution < 1.29 is 13.6 Å². The molecule has 2 aromatic heterocycles. The molecule has 1 fully saturated rings. The molecule has 2 aliphatic heterocycles. The first-order valence-corrected chi connectivity index (χ1v) is 9.17. The van der Waals surface area contributed by atoms with E-state index in [0.29, 0.717) is 30.2 Å². The number of hydrogen-bond acceptors (Lipinski definition) is 4. The van der Waals surface area contributed by atoms with Gasteiger partial charge in [0.05, 0.1) is 13.1 Å². The van der Waals surface area contributed by atoms with Gasteiger partial charge in [0, 0.05) is 25.6 Å². The van der Waals surface area contributed by atoms with Gasteiger partial charge in [-0.2, -0.15) is 5.10 Å². The molecular formula is C17H18ClF2N5O2. The second-order valence-electron chi connectivity index (χ2n) is 6.99. The molecule has 0 bridgehead atoms. The van der Waals surface area contributed by atoms with Crippen molar-refractivity contribution >= 4 is 17.5 Å². The number of aryl methyl sites for hydroxylation is 1. The summed E-state index contributed by atoms with van der Waals surface area (Å²) in [5, 5.41) is 4.69. The van der Waals surface area contributed by atoms with Crippen LogP contribution in [0.2, 0.25) is 5.15 Å².